The molecule has 6 heteroatoms. The number of nitrogens with one attached hydrogen (secondary N) is 1. The van der Waals surface area contributed by atoms with Gasteiger partial charge in [0.15, 0.2) is 0 Å². The summed E-state index contributed by atoms with van der Waals surface area (Å²) < 4.78 is 18.1. The summed E-state index contributed by atoms with van der Waals surface area (Å²) >= 11 is 5.95. The Kier molecular flexibility index (Phi) is 5.46. The van der Waals surface area contributed by atoms with E-state index in [0.717, 1.165) is 16.8 Å². The molecule has 3 aromatic rings. The van der Waals surface area contributed by atoms with E-state index in [1.807, 2.05) is 30.3 Å². The second-order valence-corrected chi connectivity index (χ2v) is 5.97. The highest BCUT2D eigenvalue weighted by Crippen LogP contribution is 2.23. The Labute approximate surface area is 149 Å². The van der Waals surface area contributed by atoms with Gasteiger partial charge in [0.25, 0.3) is 0 Å². The number of aromatic nitrogens is 1. The number of carbonyl (C=O) groups excluding carboxylic acids is 1. The van der Waals surface area contributed by atoms with Gasteiger partial charge in [-0.3, -0.25) is 4.79 Å². The Morgan fingerprint density at radius 1 is 1.16 bits per heavy atom. The highest BCUT2D eigenvalue weighted by atomic mass is 35.5. The summed E-state index contributed by atoms with van der Waals surface area (Å²) in [6, 6.07) is 13.8. The monoisotopic (exact) mass is 358 g/mol. The van der Waals surface area contributed by atoms with E-state index >= 15 is 0 Å². The maximum Gasteiger partial charge on any atom is 0.220 e. The van der Waals surface area contributed by atoms with Crippen LogP contribution < -0.4 is 5.32 Å². The fraction of sp³-hybridized carbons (Fsp3) is 0.158. The summed E-state index contributed by atoms with van der Waals surface area (Å²) in [5.41, 5.74) is 3.24. The first-order chi connectivity index (χ1) is 12.1. The van der Waals surface area contributed by atoms with Gasteiger partial charge in [0.1, 0.15) is 17.8 Å². The van der Waals surface area contributed by atoms with E-state index in [1.165, 1.54) is 12.1 Å². The van der Waals surface area contributed by atoms with Gasteiger partial charge in [-0.1, -0.05) is 53.2 Å². The summed E-state index contributed by atoms with van der Waals surface area (Å²) in [4.78, 5) is 12.1. The quantitative estimate of drug-likeness (QED) is 0.711. The number of halogens is 2. The molecule has 0 aliphatic carbocycles. The predicted molar refractivity (Wildman–Crippen MR) is 93.5 cm³/mol. The summed E-state index contributed by atoms with van der Waals surface area (Å²) in [6.07, 6.45) is 2.36. The molecule has 0 fully saturated rings. The lowest BCUT2D eigenvalue weighted by atomic mass is 10.0. The van der Waals surface area contributed by atoms with Crippen molar-refractivity contribution >= 4 is 17.5 Å². The third-order valence-corrected chi connectivity index (χ3v) is 4.15. The number of hydrogen-bond acceptors (Lipinski definition) is 3. The molecule has 2 aromatic carbocycles. The first kappa shape index (κ1) is 17.2. The van der Waals surface area contributed by atoms with Crippen LogP contribution in [0.5, 0.6) is 0 Å². The molecular formula is C19H16ClFN2O2. The first-order valence-corrected chi connectivity index (χ1v) is 8.20. The number of carbonyl (C=O) groups is 1. The molecule has 0 saturated heterocycles. The maximum absolute atomic E-state index is 13.0. The molecule has 0 aliphatic rings. The molecule has 0 unspecified atom stereocenters. The molecule has 0 spiro atoms. The van der Waals surface area contributed by atoms with Crippen molar-refractivity contribution in [3.63, 3.8) is 0 Å². The van der Waals surface area contributed by atoms with Gasteiger partial charge in [0, 0.05) is 29.1 Å². The fourth-order valence-corrected chi connectivity index (χ4v) is 2.70. The van der Waals surface area contributed by atoms with Crippen LogP contribution in [-0.2, 0) is 17.8 Å². The second kappa shape index (κ2) is 7.94. The number of rotatable bonds is 6. The van der Waals surface area contributed by atoms with Crippen molar-refractivity contribution < 1.29 is 13.7 Å². The Bertz CT molecular complexity index is 865. The fourth-order valence-electron chi connectivity index (χ4n) is 2.46. The molecule has 1 N–H and O–H groups in total. The third kappa shape index (κ3) is 4.45. The SMILES string of the molecule is O=C(CCc1conc1-c1ccccc1)NCc1ccc(F)cc1Cl. The van der Waals surface area contributed by atoms with Gasteiger partial charge in [-0.25, -0.2) is 4.39 Å². The van der Waals surface area contributed by atoms with Crippen LogP contribution in [0, 0.1) is 5.82 Å². The lowest BCUT2D eigenvalue weighted by Crippen LogP contribution is -2.23. The molecule has 25 heavy (non-hydrogen) atoms. The van der Waals surface area contributed by atoms with Crippen LogP contribution in [-0.4, -0.2) is 11.1 Å². The van der Waals surface area contributed by atoms with Gasteiger partial charge in [0.05, 0.1) is 0 Å². The van der Waals surface area contributed by atoms with E-state index in [0.29, 0.717) is 23.4 Å². The average molecular weight is 359 g/mol. The molecule has 0 atom stereocenters. The van der Waals surface area contributed by atoms with Crippen molar-refractivity contribution in [2.45, 2.75) is 19.4 Å². The van der Waals surface area contributed by atoms with E-state index in [2.05, 4.69) is 10.5 Å². The normalized spacial score (nSPS) is 10.6. The minimum absolute atomic E-state index is 0.124. The molecule has 1 amide bonds. The zero-order valence-electron chi connectivity index (χ0n) is 13.3. The minimum Gasteiger partial charge on any atom is -0.364 e. The van der Waals surface area contributed by atoms with Gasteiger partial charge < -0.3 is 9.84 Å². The van der Waals surface area contributed by atoms with Gasteiger partial charge in [-0.05, 0) is 24.1 Å². The highest BCUT2D eigenvalue weighted by molar-refractivity contribution is 6.31. The molecule has 3 rings (SSSR count). The average Bonchev–Trinajstić information content (AvgIpc) is 3.08. The molecule has 1 aromatic heterocycles. The van der Waals surface area contributed by atoms with E-state index in [1.54, 1.807) is 12.3 Å². The number of hydrogen-bond donors (Lipinski definition) is 1. The lowest BCUT2D eigenvalue weighted by molar-refractivity contribution is -0.121. The lowest BCUT2D eigenvalue weighted by Gasteiger charge is -2.07. The molecule has 0 bridgehead atoms. The van der Waals surface area contributed by atoms with E-state index in [-0.39, 0.29) is 12.5 Å². The topological polar surface area (TPSA) is 55.1 Å². The molecular weight excluding hydrogens is 343 g/mol. The van der Waals surface area contributed by atoms with Crippen molar-refractivity contribution in [3.8, 4) is 11.3 Å². The van der Waals surface area contributed by atoms with Crippen LogP contribution in [0.1, 0.15) is 17.5 Å². The van der Waals surface area contributed by atoms with Crippen LogP contribution >= 0.6 is 11.6 Å². The van der Waals surface area contributed by atoms with Crippen LogP contribution in [0.3, 0.4) is 0 Å². The van der Waals surface area contributed by atoms with Crippen molar-refractivity contribution in [1.82, 2.24) is 10.5 Å². The standard InChI is InChI=1S/C19H16ClFN2O2/c20-17-10-16(21)8-6-14(17)11-22-18(24)9-7-15-12-25-23-19(15)13-4-2-1-3-5-13/h1-6,8,10,12H,7,9,11H2,(H,22,24). The Hall–Kier alpha value is -2.66. The number of nitrogens with zero attached hydrogens (tertiary/aromatic N) is 1. The molecule has 0 radical (unpaired) electrons. The number of amides is 1. The Morgan fingerprint density at radius 2 is 1.96 bits per heavy atom. The molecule has 0 aliphatic heterocycles. The Balaban J connectivity index is 1.56. The summed E-state index contributed by atoms with van der Waals surface area (Å²) in [6.45, 7) is 0.257. The maximum atomic E-state index is 13.0. The summed E-state index contributed by atoms with van der Waals surface area (Å²) in [7, 11) is 0. The highest BCUT2D eigenvalue weighted by Gasteiger charge is 2.12. The van der Waals surface area contributed by atoms with Gasteiger partial charge in [-0.2, -0.15) is 0 Å². The van der Waals surface area contributed by atoms with E-state index in [9.17, 15) is 9.18 Å². The van der Waals surface area contributed by atoms with Gasteiger partial charge >= 0.3 is 0 Å². The number of benzene rings is 2. The second-order valence-electron chi connectivity index (χ2n) is 5.57. The first-order valence-electron chi connectivity index (χ1n) is 7.83. The smallest absolute Gasteiger partial charge is 0.220 e. The van der Waals surface area contributed by atoms with Crippen molar-refractivity contribution in [2.24, 2.45) is 0 Å². The van der Waals surface area contributed by atoms with Crippen LogP contribution in [0.4, 0.5) is 4.39 Å². The minimum atomic E-state index is -0.402. The summed E-state index contributed by atoms with van der Waals surface area (Å²) in [5, 5.41) is 7.10. The zero-order valence-corrected chi connectivity index (χ0v) is 14.1. The van der Waals surface area contributed by atoms with E-state index < -0.39 is 5.82 Å². The third-order valence-electron chi connectivity index (χ3n) is 3.80. The predicted octanol–water partition coefficient (Wildman–Crippen LogP) is 4.38. The van der Waals surface area contributed by atoms with E-state index in [4.69, 9.17) is 16.1 Å². The zero-order chi connectivity index (χ0) is 17.6. The van der Waals surface area contributed by atoms with Crippen molar-refractivity contribution in [2.75, 3.05) is 0 Å². The van der Waals surface area contributed by atoms with Crippen LogP contribution in [0.15, 0.2) is 59.3 Å². The molecule has 128 valence electrons. The molecule has 0 saturated carbocycles. The van der Waals surface area contributed by atoms with Crippen LogP contribution in [0.2, 0.25) is 5.02 Å². The van der Waals surface area contributed by atoms with Crippen molar-refractivity contribution in [3.05, 3.63) is 76.8 Å². The van der Waals surface area contributed by atoms with Gasteiger partial charge in [-0.15, -0.1) is 0 Å². The summed E-state index contributed by atoms with van der Waals surface area (Å²) in [5.74, 6) is -0.526. The number of aryl methyl sites for hydroxylation is 1. The molecule has 1 heterocycles. The van der Waals surface area contributed by atoms with Crippen LogP contribution in [0.25, 0.3) is 11.3 Å². The Morgan fingerprint density at radius 3 is 2.72 bits per heavy atom. The molecule has 4 nitrogen and oxygen atoms in total. The van der Waals surface area contributed by atoms with Crippen molar-refractivity contribution in [1.29, 1.82) is 0 Å². The van der Waals surface area contributed by atoms with Gasteiger partial charge in [0.2, 0.25) is 5.91 Å². The largest absolute Gasteiger partial charge is 0.364 e.